The highest BCUT2D eigenvalue weighted by atomic mass is 17.4. The fourth-order valence-corrected chi connectivity index (χ4v) is 4.10. The van der Waals surface area contributed by atoms with Gasteiger partial charge >= 0.3 is 0 Å². The van der Waals surface area contributed by atoms with Crippen LogP contribution in [0.25, 0.3) is 0 Å². The van der Waals surface area contributed by atoms with Crippen LogP contribution in [0.1, 0.15) is 43.0 Å². The van der Waals surface area contributed by atoms with E-state index in [1.54, 1.807) is 36.4 Å². The van der Waals surface area contributed by atoms with Crippen molar-refractivity contribution in [2.24, 2.45) is 0 Å². The lowest BCUT2D eigenvalue weighted by Gasteiger charge is -2.27. The van der Waals surface area contributed by atoms with E-state index in [0.717, 1.165) is 11.1 Å². The largest absolute Gasteiger partial charge is 0.289 e. The molecular formula is C30H24O6. The zero-order chi connectivity index (χ0) is 24.7. The van der Waals surface area contributed by atoms with Crippen LogP contribution < -0.4 is 0 Å². The summed E-state index contributed by atoms with van der Waals surface area (Å²) in [4.78, 5) is 47.8. The standard InChI is InChI=1S/C30H24O6/c31-29(21-11-3-1-4-12-21)25-17-9-7-15-23(25)19-27-33-35-28(36-34-27)20-24-16-8-10-18-26(24)30(32)22-13-5-2-6-14-22/h1-18,27-28H,19-20H2. The molecule has 4 aromatic rings. The Balaban J connectivity index is 1.22. The van der Waals surface area contributed by atoms with E-state index in [-0.39, 0.29) is 24.4 Å². The van der Waals surface area contributed by atoms with E-state index in [0.29, 0.717) is 22.3 Å². The smallest absolute Gasteiger partial charge is 0.228 e. The molecule has 0 radical (unpaired) electrons. The first kappa shape index (κ1) is 23.8. The number of hydrogen-bond acceptors (Lipinski definition) is 6. The number of carbonyl (C=O) groups excluding carboxylic acids is 2. The normalized spacial score (nSPS) is 17.4. The summed E-state index contributed by atoms with van der Waals surface area (Å²) in [5.41, 5.74) is 3.83. The van der Waals surface area contributed by atoms with Crippen LogP contribution in [0.4, 0.5) is 0 Å². The third-order valence-electron chi connectivity index (χ3n) is 5.91. The lowest BCUT2D eigenvalue weighted by atomic mass is 9.96. The van der Waals surface area contributed by atoms with Crippen LogP contribution >= 0.6 is 0 Å². The van der Waals surface area contributed by atoms with Gasteiger partial charge in [0.15, 0.2) is 11.6 Å². The van der Waals surface area contributed by atoms with Crippen molar-refractivity contribution in [3.63, 3.8) is 0 Å². The summed E-state index contributed by atoms with van der Waals surface area (Å²) >= 11 is 0. The van der Waals surface area contributed by atoms with Gasteiger partial charge < -0.3 is 0 Å². The Bertz CT molecular complexity index is 1220. The molecule has 36 heavy (non-hydrogen) atoms. The van der Waals surface area contributed by atoms with Gasteiger partial charge in [0.2, 0.25) is 12.6 Å². The van der Waals surface area contributed by atoms with Crippen LogP contribution in [-0.2, 0) is 32.4 Å². The van der Waals surface area contributed by atoms with Crippen LogP contribution in [0, 0.1) is 0 Å². The summed E-state index contributed by atoms with van der Waals surface area (Å²) in [6.07, 6.45) is -1.20. The first-order chi connectivity index (χ1) is 17.7. The van der Waals surface area contributed by atoms with E-state index in [9.17, 15) is 9.59 Å². The molecule has 6 heteroatoms. The minimum Gasteiger partial charge on any atom is -0.289 e. The maximum atomic E-state index is 13.0. The molecule has 0 amide bonds. The highest BCUT2D eigenvalue weighted by molar-refractivity contribution is 6.10. The van der Waals surface area contributed by atoms with Crippen molar-refractivity contribution in [2.45, 2.75) is 25.4 Å². The molecule has 0 aromatic heterocycles. The van der Waals surface area contributed by atoms with Crippen LogP contribution in [0.2, 0.25) is 0 Å². The van der Waals surface area contributed by atoms with Crippen molar-refractivity contribution in [1.29, 1.82) is 0 Å². The highest BCUT2D eigenvalue weighted by Crippen LogP contribution is 2.23. The molecule has 0 aliphatic carbocycles. The van der Waals surface area contributed by atoms with E-state index in [1.165, 1.54) is 0 Å². The van der Waals surface area contributed by atoms with E-state index in [1.807, 2.05) is 72.8 Å². The van der Waals surface area contributed by atoms with Gasteiger partial charge in [-0.05, 0) is 11.1 Å². The van der Waals surface area contributed by atoms with E-state index in [4.69, 9.17) is 19.6 Å². The molecule has 0 unspecified atom stereocenters. The Labute approximate surface area is 208 Å². The number of ketones is 2. The minimum atomic E-state index is -0.854. The van der Waals surface area contributed by atoms with E-state index >= 15 is 0 Å². The topological polar surface area (TPSA) is 71.1 Å². The van der Waals surface area contributed by atoms with Crippen LogP contribution in [0.3, 0.4) is 0 Å². The second-order valence-corrected chi connectivity index (χ2v) is 8.36. The lowest BCUT2D eigenvalue weighted by molar-refractivity contribution is -0.589. The predicted molar refractivity (Wildman–Crippen MR) is 132 cm³/mol. The van der Waals surface area contributed by atoms with Gasteiger partial charge in [-0.2, -0.15) is 19.6 Å². The van der Waals surface area contributed by atoms with Crippen molar-refractivity contribution in [1.82, 2.24) is 0 Å². The Morgan fingerprint density at radius 3 is 1.19 bits per heavy atom. The van der Waals surface area contributed by atoms with Crippen molar-refractivity contribution in [2.75, 3.05) is 0 Å². The molecule has 1 aliphatic rings. The number of carbonyl (C=O) groups is 2. The van der Waals surface area contributed by atoms with Crippen molar-refractivity contribution >= 4 is 11.6 Å². The average molecular weight is 481 g/mol. The van der Waals surface area contributed by atoms with Gasteiger partial charge in [-0.15, -0.1) is 0 Å². The fourth-order valence-electron chi connectivity index (χ4n) is 4.10. The number of benzene rings is 4. The molecule has 0 bridgehead atoms. The molecule has 1 fully saturated rings. The molecule has 0 saturated carbocycles. The van der Waals surface area contributed by atoms with Gasteiger partial charge in [-0.3, -0.25) is 9.59 Å². The summed E-state index contributed by atoms with van der Waals surface area (Å²) in [7, 11) is 0. The molecule has 1 aliphatic heterocycles. The molecule has 0 spiro atoms. The predicted octanol–water partition coefficient (Wildman–Crippen LogP) is 5.50. The average Bonchev–Trinajstić information content (AvgIpc) is 2.95. The molecule has 0 N–H and O–H groups in total. The van der Waals surface area contributed by atoms with E-state index in [2.05, 4.69) is 0 Å². The number of hydrogen-bond donors (Lipinski definition) is 0. The summed E-state index contributed by atoms with van der Waals surface area (Å²) in [6, 6.07) is 32.8. The first-order valence-corrected chi connectivity index (χ1v) is 11.7. The minimum absolute atomic E-state index is 0.0820. The Kier molecular flexibility index (Phi) is 7.40. The van der Waals surface area contributed by atoms with Crippen molar-refractivity contribution < 1.29 is 29.1 Å². The van der Waals surface area contributed by atoms with Gasteiger partial charge in [0, 0.05) is 35.1 Å². The van der Waals surface area contributed by atoms with Crippen LogP contribution in [0.15, 0.2) is 109 Å². The van der Waals surface area contributed by atoms with Gasteiger partial charge in [0.25, 0.3) is 0 Å². The molecule has 180 valence electrons. The Morgan fingerprint density at radius 1 is 0.472 bits per heavy atom. The molecule has 1 heterocycles. The summed E-state index contributed by atoms with van der Waals surface area (Å²) in [5, 5.41) is 0. The second-order valence-electron chi connectivity index (χ2n) is 8.36. The quantitative estimate of drug-likeness (QED) is 0.245. The van der Waals surface area contributed by atoms with Crippen molar-refractivity contribution in [3.05, 3.63) is 143 Å². The fraction of sp³-hybridized carbons (Fsp3) is 0.133. The number of rotatable bonds is 8. The lowest BCUT2D eigenvalue weighted by Crippen LogP contribution is -2.35. The third-order valence-corrected chi connectivity index (χ3v) is 5.91. The summed E-state index contributed by atoms with van der Waals surface area (Å²) in [6.45, 7) is 0. The first-order valence-electron chi connectivity index (χ1n) is 11.7. The molecular weight excluding hydrogens is 456 g/mol. The third kappa shape index (κ3) is 5.48. The SMILES string of the molecule is O=C(c1ccccc1)c1ccccc1CC1OOC(Cc2ccccc2C(=O)c2ccccc2)OO1. The van der Waals surface area contributed by atoms with E-state index < -0.39 is 12.6 Å². The highest BCUT2D eigenvalue weighted by Gasteiger charge is 2.28. The van der Waals surface area contributed by atoms with Crippen LogP contribution in [-0.4, -0.2) is 24.1 Å². The molecule has 0 atom stereocenters. The monoisotopic (exact) mass is 480 g/mol. The van der Waals surface area contributed by atoms with Gasteiger partial charge in [-0.1, -0.05) is 109 Å². The maximum absolute atomic E-state index is 13.0. The van der Waals surface area contributed by atoms with Gasteiger partial charge in [-0.25, -0.2) is 0 Å². The molecule has 4 aromatic carbocycles. The zero-order valence-corrected chi connectivity index (χ0v) is 19.4. The summed E-state index contributed by atoms with van der Waals surface area (Å²) < 4.78 is 0. The maximum Gasteiger partial charge on any atom is 0.228 e. The van der Waals surface area contributed by atoms with Gasteiger partial charge in [0.05, 0.1) is 0 Å². The Morgan fingerprint density at radius 2 is 0.806 bits per heavy atom. The molecule has 6 nitrogen and oxygen atoms in total. The van der Waals surface area contributed by atoms with Gasteiger partial charge in [0.1, 0.15) is 0 Å². The Hall–Kier alpha value is -3.94. The van der Waals surface area contributed by atoms with Crippen molar-refractivity contribution in [3.8, 4) is 0 Å². The molecule has 1 saturated heterocycles. The molecule has 5 rings (SSSR count). The van der Waals surface area contributed by atoms with Crippen LogP contribution in [0.5, 0.6) is 0 Å². The second kappa shape index (κ2) is 11.2. The zero-order valence-electron chi connectivity index (χ0n) is 19.4. The summed E-state index contributed by atoms with van der Waals surface area (Å²) in [5.74, 6) is -0.164.